The van der Waals surface area contributed by atoms with Crippen molar-refractivity contribution in [2.45, 2.75) is 37.6 Å². The molecule has 3 rings (SSSR count). The van der Waals surface area contributed by atoms with Gasteiger partial charge in [-0.15, -0.1) is 0 Å². The molecule has 0 bridgehead atoms. The molecule has 1 N–H and O–H groups in total. The number of hydrogen-bond acceptors (Lipinski definition) is 3. The van der Waals surface area contributed by atoms with E-state index >= 15 is 0 Å². The second-order valence-corrected chi connectivity index (χ2v) is 8.54. The Morgan fingerprint density at radius 3 is 2.59 bits per heavy atom. The molecule has 0 radical (unpaired) electrons. The third-order valence-corrected chi connectivity index (χ3v) is 6.57. The molecule has 0 saturated carbocycles. The summed E-state index contributed by atoms with van der Waals surface area (Å²) in [5.74, 6) is -0.158. The molecule has 0 fully saturated rings. The van der Waals surface area contributed by atoms with Crippen LogP contribution in [0.2, 0.25) is 0 Å². The molecule has 142 valence electrons. The molecule has 6 heteroatoms. The van der Waals surface area contributed by atoms with E-state index in [0.29, 0.717) is 6.54 Å². The lowest BCUT2D eigenvalue weighted by molar-refractivity contribution is -0.117. The lowest BCUT2D eigenvalue weighted by atomic mass is 10.2. The predicted molar refractivity (Wildman–Crippen MR) is 108 cm³/mol. The number of amides is 1. The number of rotatable bonds is 6. The van der Waals surface area contributed by atoms with Gasteiger partial charge in [0.1, 0.15) is 0 Å². The Labute approximate surface area is 160 Å². The van der Waals surface area contributed by atoms with Gasteiger partial charge in [0.15, 0.2) is 0 Å². The minimum atomic E-state index is -3.59. The molecule has 1 atom stereocenters. The van der Waals surface area contributed by atoms with Gasteiger partial charge in [-0.05, 0) is 55.2 Å². The first-order valence-electron chi connectivity index (χ1n) is 9.11. The maximum Gasteiger partial charge on any atom is 0.264 e. The van der Waals surface area contributed by atoms with Crippen molar-refractivity contribution in [3.63, 3.8) is 0 Å². The molecule has 1 aliphatic heterocycles. The molecule has 2 aromatic carbocycles. The quantitative estimate of drug-likeness (QED) is 0.777. The largest absolute Gasteiger partial charge is 0.350 e. The number of sulfonamides is 1. The highest BCUT2D eigenvalue weighted by molar-refractivity contribution is 7.92. The number of para-hydroxylation sites is 1. The third kappa shape index (κ3) is 4.22. The van der Waals surface area contributed by atoms with Gasteiger partial charge in [0, 0.05) is 18.7 Å². The van der Waals surface area contributed by atoms with Gasteiger partial charge in [0.2, 0.25) is 5.91 Å². The molecular formula is C21H24N2O3S. The lowest BCUT2D eigenvalue weighted by Crippen LogP contribution is -2.30. The maximum atomic E-state index is 13.0. The Balaban J connectivity index is 1.75. The van der Waals surface area contributed by atoms with Crippen LogP contribution in [-0.4, -0.2) is 26.9 Å². The normalized spacial score (nSPS) is 15.0. The van der Waals surface area contributed by atoms with E-state index in [0.717, 1.165) is 29.7 Å². The Bertz CT molecular complexity index is 950. The van der Waals surface area contributed by atoms with Crippen molar-refractivity contribution >= 4 is 27.7 Å². The molecule has 1 aliphatic rings. The number of carbonyl (C=O) groups is 1. The Morgan fingerprint density at radius 1 is 1.19 bits per heavy atom. The molecule has 2 aromatic rings. The van der Waals surface area contributed by atoms with Gasteiger partial charge in [-0.2, -0.15) is 0 Å². The van der Waals surface area contributed by atoms with E-state index in [4.69, 9.17) is 0 Å². The van der Waals surface area contributed by atoms with Gasteiger partial charge in [0.05, 0.1) is 10.6 Å². The number of anilines is 1. The standard InChI is InChI=1S/C21H24N2O3S/c1-3-16(2)22-21(24)13-10-17-8-11-19(12-9-17)27(25,26)23-15-14-18-6-4-5-7-20(18)23/h4-13,16H,3,14-15H2,1-2H3,(H,22,24)/b13-10+. The van der Waals surface area contributed by atoms with Crippen LogP contribution in [0.5, 0.6) is 0 Å². The van der Waals surface area contributed by atoms with Crippen molar-refractivity contribution < 1.29 is 13.2 Å². The van der Waals surface area contributed by atoms with Crippen LogP contribution < -0.4 is 9.62 Å². The summed E-state index contributed by atoms with van der Waals surface area (Å²) in [7, 11) is -3.59. The fraction of sp³-hybridized carbons (Fsp3) is 0.286. The van der Waals surface area contributed by atoms with Crippen LogP contribution in [0.25, 0.3) is 6.08 Å². The number of benzene rings is 2. The minimum Gasteiger partial charge on any atom is -0.350 e. The zero-order valence-corrected chi connectivity index (χ0v) is 16.4. The van der Waals surface area contributed by atoms with Crippen molar-refractivity contribution in [3.8, 4) is 0 Å². The highest BCUT2D eigenvalue weighted by atomic mass is 32.2. The summed E-state index contributed by atoms with van der Waals surface area (Å²) in [5.41, 5.74) is 2.58. The number of nitrogens with zero attached hydrogens (tertiary/aromatic N) is 1. The van der Waals surface area contributed by atoms with Gasteiger partial charge in [-0.25, -0.2) is 8.42 Å². The van der Waals surface area contributed by atoms with Crippen molar-refractivity contribution in [1.29, 1.82) is 0 Å². The Morgan fingerprint density at radius 2 is 1.89 bits per heavy atom. The lowest BCUT2D eigenvalue weighted by Gasteiger charge is -2.19. The molecule has 0 aliphatic carbocycles. The third-order valence-electron chi connectivity index (χ3n) is 4.74. The van der Waals surface area contributed by atoms with Crippen LogP contribution in [0.1, 0.15) is 31.4 Å². The van der Waals surface area contributed by atoms with Gasteiger partial charge in [-0.3, -0.25) is 9.10 Å². The summed E-state index contributed by atoms with van der Waals surface area (Å²) < 4.78 is 27.4. The molecular weight excluding hydrogens is 360 g/mol. The maximum absolute atomic E-state index is 13.0. The molecule has 27 heavy (non-hydrogen) atoms. The fourth-order valence-electron chi connectivity index (χ4n) is 3.00. The van der Waals surface area contributed by atoms with Gasteiger partial charge >= 0.3 is 0 Å². The van der Waals surface area contributed by atoms with E-state index in [1.165, 1.54) is 10.4 Å². The number of fused-ring (bicyclic) bond motifs is 1. The van der Waals surface area contributed by atoms with E-state index in [9.17, 15) is 13.2 Å². The number of nitrogens with one attached hydrogen (secondary N) is 1. The molecule has 0 spiro atoms. The molecule has 0 aromatic heterocycles. The fourth-order valence-corrected chi connectivity index (χ4v) is 4.50. The molecule has 1 heterocycles. The van der Waals surface area contributed by atoms with Crippen LogP contribution in [0.4, 0.5) is 5.69 Å². The topological polar surface area (TPSA) is 66.5 Å². The number of hydrogen-bond donors (Lipinski definition) is 1. The smallest absolute Gasteiger partial charge is 0.264 e. The van der Waals surface area contributed by atoms with Gasteiger partial charge < -0.3 is 5.32 Å². The van der Waals surface area contributed by atoms with Crippen molar-refractivity contribution in [3.05, 3.63) is 65.7 Å². The van der Waals surface area contributed by atoms with Crippen LogP contribution in [0.15, 0.2) is 59.5 Å². The first kappa shape index (κ1) is 19.2. The second kappa shape index (κ2) is 7.96. The van der Waals surface area contributed by atoms with E-state index in [1.54, 1.807) is 30.3 Å². The average molecular weight is 385 g/mol. The average Bonchev–Trinajstić information content (AvgIpc) is 3.11. The van der Waals surface area contributed by atoms with E-state index in [2.05, 4.69) is 5.32 Å². The summed E-state index contributed by atoms with van der Waals surface area (Å²) in [6, 6.07) is 14.3. The summed E-state index contributed by atoms with van der Waals surface area (Å²) in [6.07, 6.45) is 4.74. The van der Waals surface area contributed by atoms with Gasteiger partial charge in [-0.1, -0.05) is 37.3 Å². The van der Waals surface area contributed by atoms with E-state index in [-0.39, 0.29) is 16.8 Å². The molecule has 0 saturated heterocycles. The monoisotopic (exact) mass is 384 g/mol. The van der Waals surface area contributed by atoms with Crippen molar-refractivity contribution in [1.82, 2.24) is 5.32 Å². The first-order valence-corrected chi connectivity index (χ1v) is 10.5. The summed E-state index contributed by atoms with van der Waals surface area (Å²) >= 11 is 0. The highest BCUT2D eigenvalue weighted by Crippen LogP contribution is 2.32. The predicted octanol–water partition coefficient (Wildman–Crippen LogP) is 3.37. The second-order valence-electron chi connectivity index (χ2n) is 6.68. The zero-order chi connectivity index (χ0) is 19.4. The van der Waals surface area contributed by atoms with Crippen LogP contribution >= 0.6 is 0 Å². The molecule has 5 nitrogen and oxygen atoms in total. The minimum absolute atomic E-state index is 0.123. The van der Waals surface area contributed by atoms with E-state index in [1.807, 2.05) is 38.1 Å². The zero-order valence-electron chi connectivity index (χ0n) is 15.6. The number of carbonyl (C=O) groups excluding carboxylic acids is 1. The van der Waals surface area contributed by atoms with Crippen molar-refractivity contribution in [2.75, 3.05) is 10.8 Å². The first-order chi connectivity index (χ1) is 12.9. The van der Waals surface area contributed by atoms with Crippen LogP contribution in [-0.2, 0) is 21.2 Å². The van der Waals surface area contributed by atoms with Crippen LogP contribution in [0, 0.1) is 0 Å². The summed E-state index contributed by atoms with van der Waals surface area (Å²) in [6.45, 7) is 4.41. The molecule has 1 amide bonds. The summed E-state index contributed by atoms with van der Waals surface area (Å²) in [5, 5.41) is 2.85. The summed E-state index contributed by atoms with van der Waals surface area (Å²) in [4.78, 5) is 12.1. The van der Waals surface area contributed by atoms with E-state index < -0.39 is 10.0 Å². The Kier molecular flexibility index (Phi) is 5.65. The van der Waals surface area contributed by atoms with Gasteiger partial charge in [0.25, 0.3) is 10.0 Å². The Hall–Kier alpha value is -2.60. The highest BCUT2D eigenvalue weighted by Gasteiger charge is 2.30. The van der Waals surface area contributed by atoms with Crippen LogP contribution in [0.3, 0.4) is 0 Å². The SMILES string of the molecule is CCC(C)NC(=O)/C=C/c1ccc(S(=O)(=O)N2CCc3ccccc32)cc1. The van der Waals surface area contributed by atoms with Crippen molar-refractivity contribution in [2.24, 2.45) is 0 Å². The molecule has 1 unspecified atom stereocenters.